The van der Waals surface area contributed by atoms with Crippen molar-refractivity contribution in [3.05, 3.63) is 57.8 Å². The average Bonchev–Trinajstić information content (AvgIpc) is 2.99. The highest BCUT2D eigenvalue weighted by Crippen LogP contribution is 2.36. The number of nitrogens with zero attached hydrogens (tertiary/aromatic N) is 1. The number of rotatable bonds is 3. The second-order valence-electron chi connectivity index (χ2n) is 5.98. The molecule has 0 spiro atoms. The third-order valence-electron chi connectivity index (χ3n) is 4.46. The zero-order valence-electron chi connectivity index (χ0n) is 14.4. The van der Waals surface area contributed by atoms with Crippen molar-refractivity contribution in [2.45, 2.75) is 20.8 Å². The molecule has 0 radical (unpaired) electrons. The summed E-state index contributed by atoms with van der Waals surface area (Å²) in [6.45, 7) is 5.53. The molecule has 0 bridgehead atoms. The van der Waals surface area contributed by atoms with Gasteiger partial charge in [-0.15, -0.1) is 0 Å². The first-order valence-electron chi connectivity index (χ1n) is 7.74. The lowest BCUT2D eigenvalue weighted by molar-refractivity contribution is 0.103. The molecule has 3 rings (SSSR count). The molecular formula is C20H17NO4. The largest absolute Gasteiger partial charge is 0.504 e. The highest BCUT2D eigenvalue weighted by atomic mass is 16.5. The van der Waals surface area contributed by atoms with Gasteiger partial charge < -0.3 is 14.3 Å². The number of carbonyl (C=O) groups excluding carboxylic acids is 1. The number of fused-ring (bicyclic) bond motifs is 1. The molecule has 0 unspecified atom stereocenters. The third kappa shape index (κ3) is 2.52. The summed E-state index contributed by atoms with van der Waals surface area (Å²) in [6, 6.07) is 8.68. The minimum absolute atomic E-state index is 0.0642. The van der Waals surface area contributed by atoms with Crippen LogP contribution in [0.25, 0.3) is 11.0 Å². The first-order chi connectivity index (χ1) is 11.9. The molecule has 1 heterocycles. The van der Waals surface area contributed by atoms with Crippen LogP contribution in [-0.2, 0) is 0 Å². The molecule has 0 aliphatic heterocycles. The molecule has 5 heteroatoms. The van der Waals surface area contributed by atoms with Gasteiger partial charge in [0, 0.05) is 10.9 Å². The van der Waals surface area contributed by atoms with Crippen LogP contribution in [0.2, 0.25) is 0 Å². The topological polar surface area (TPSA) is 83.5 Å². The van der Waals surface area contributed by atoms with E-state index in [1.807, 2.05) is 19.9 Å². The lowest BCUT2D eigenvalue weighted by Crippen LogP contribution is -2.05. The van der Waals surface area contributed by atoms with Crippen LogP contribution in [0.1, 0.15) is 38.4 Å². The van der Waals surface area contributed by atoms with E-state index in [0.29, 0.717) is 22.3 Å². The fourth-order valence-corrected chi connectivity index (χ4v) is 2.86. The Bertz CT molecular complexity index is 1050. The fraction of sp³-hybridized carbons (Fsp3) is 0.200. The number of carbonyl (C=O) groups is 1. The third-order valence-corrected chi connectivity index (χ3v) is 4.46. The summed E-state index contributed by atoms with van der Waals surface area (Å²) < 4.78 is 10.8. The number of ketones is 1. The van der Waals surface area contributed by atoms with Crippen LogP contribution in [-0.4, -0.2) is 18.0 Å². The van der Waals surface area contributed by atoms with Crippen LogP contribution >= 0.6 is 0 Å². The van der Waals surface area contributed by atoms with Crippen LogP contribution < -0.4 is 4.74 Å². The monoisotopic (exact) mass is 335 g/mol. The Hall–Kier alpha value is -3.26. The lowest BCUT2D eigenvalue weighted by Gasteiger charge is -2.10. The summed E-state index contributed by atoms with van der Waals surface area (Å²) in [5.41, 5.74) is 3.17. The number of hydrogen-bond donors (Lipinski definition) is 1. The number of aryl methyl sites for hydroxylation is 2. The minimum Gasteiger partial charge on any atom is -0.504 e. The molecule has 25 heavy (non-hydrogen) atoms. The van der Waals surface area contributed by atoms with Crippen molar-refractivity contribution in [1.82, 2.24) is 0 Å². The molecule has 2 aromatic carbocycles. The molecule has 5 nitrogen and oxygen atoms in total. The van der Waals surface area contributed by atoms with E-state index in [4.69, 9.17) is 9.15 Å². The summed E-state index contributed by atoms with van der Waals surface area (Å²) >= 11 is 0. The van der Waals surface area contributed by atoms with E-state index >= 15 is 0 Å². The molecule has 0 aliphatic carbocycles. The summed E-state index contributed by atoms with van der Waals surface area (Å²) in [7, 11) is 1.55. The summed E-state index contributed by atoms with van der Waals surface area (Å²) in [6.07, 6.45) is 0. The molecule has 0 aliphatic rings. The highest BCUT2D eigenvalue weighted by Gasteiger charge is 2.25. The number of ether oxygens (including phenoxy) is 1. The number of aromatic hydroxyl groups is 1. The predicted molar refractivity (Wildman–Crippen MR) is 93.2 cm³/mol. The molecule has 0 fully saturated rings. The predicted octanol–water partition coefficient (Wildman–Crippen LogP) is 4.17. The normalized spacial score (nSPS) is 10.7. The molecule has 0 atom stereocenters. The van der Waals surface area contributed by atoms with Gasteiger partial charge in [0.1, 0.15) is 11.8 Å². The Morgan fingerprint density at radius 3 is 2.56 bits per heavy atom. The summed E-state index contributed by atoms with van der Waals surface area (Å²) in [5.74, 6) is 0.0807. The van der Waals surface area contributed by atoms with Crippen molar-refractivity contribution >= 4 is 16.8 Å². The van der Waals surface area contributed by atoms with Gasteiger partial charge in [-0.25, -0.2) is 0 Å². The van der Waals surface area contributed by atoms with E-state index in [2.05, 4.69) is 0 Å². The van der Waals surface area contributed by atoms with Gasteiger partial charge in [0.05, 0.1) is 12.7 Å². The fourth-order valence-electron chi connectivity index (χ4n) is 2.86. The van der Waals surface area contributed by atoms with E-state index < -0.39 is 0 Å². The SMILES string of the molecule is COc1cc(C(=O)c2c(C#N)oc3c(O)c(C)ccc23)cc(C)c1C. The van der Waals surface area contributed by atoms with Gasteiger partial charge in [-0.05, 0) is 55.7 Å². The second-order valence-corrected chi connectivity index (χ2v) is 5.98. The number of benzene rings is 2. The van der Waals surface area contributed by atoms with E-state index in [0.717, 1.165) is 11.1 Å². The Morgan fingerprint density at radius 2 is 1.92 bits per heavy atom. The number of phenolic OH excluding ortho intramolecular Hbond substituents is 1. The Balaban J connectivity index is 2.27. The molecule has 0 saturated carbocycles. The molecule has 0 amide bonds. The van der Waals surface area contributed by atoms with Gasteiger partial charge in [-0.3, -0.25) is 4.79 Å². The number of phenols is 1. The average molecular weight is 335 g/mol. The van der Waals surface area contributed by atoms with Gasteiger partial charge in [0.2, 0.25) is 5.76 Å². The maximum absolute atomic E-state index is 13.1. The molecule has 1 N–H and O–H groups in total. The summed E-state index contributed by atoms with van der Waals surface area (Å²) in [5, 5.41) is 20.0. The molecule has 3 aromatic rings. The Kier molecular flexibility index (Phi) is 3.97. The van der Waals surface area contributed by atoms with Gasteiger partial charge in [-0.1, -0.05) is 6.07 Å². The standard InChI is InChI=1S/C20H17NO4/c1-10-5-6-14-17(16(9-21)25-20(14)18(10)22)19(23)13-7-11(2)12(3)15(8-13)24-4/h5-8,22H,1-4H3. The van der Waals surface area contributed by atoms with Crippen molar-refractivity contribution in [3.8, 4) is 17.6 Å². The Morgan fingerprint density at radius 1 is 1.20 bits per heavy atom. The summed E-state index contributed by atoms with van der Waals surface area (Å²) in [4.78, 5) is 13.1. The van der Waals surface area contributed by atoms with E-state index in [1.165, 1.54) is 0 Å². The van der Waals surface area contributed by atoms with Gasteiger partial charge in [0.25, 0.3) is 0 Å². The van der Waals surface area contributed by atoms with Crippen LogP contribution in [0.15, 0.2) is 28.7 Å². The van der Waals surface area contributed by atoms with Crippen LogP contribution in [0.3, 0.4) is 0 Å². The van der Waals surface area contributed by atoms with Crippen molar-refractivity contribution in [1.29, 1.82) is 5.26 Å². The Labute approximate surface area is 145 Å². The quantitative estimate of drug-likeness (QED) is 0.726. The molecule has 1 aromatic heterocycles. The molecular weight excluding hydrogens is 318 g/mol. The van der Waals surface area contributed by atoms with E-state index in [1.54, 1.807) is 38.3 Å². The van der Waals surface area contributed by atoms with Gasteiger partial charge in [0.15, 0.2) is 17.1 Å². The smallest absolute Gasteiger partial charge is 0.216 e. The van der Waals surface area contributed by atoms with Crippen molar-refractivity contribution in [3.63, 3.8) is 0 Å². The van der Waals surface area contributed by atoms with Crippen LogP contribution in [0.5, 0.6) is 11.5 Å². The lowest BCUT2D eigenvalue weighted by atomic mass is 9.96. The van der Waals surface area contributed by atoms with Crippen LogP contribution in [0.4, 0.5) is 0 Å². The zero-order chi connectivity index (χ0) is 18.3. The first kappa shape index (κ1) is 16.6. The maximum Gasteiger partial charge on any atom is 0.216 e. The van der Waals surface area contributed by atoms with E-state index in [-0.39, 0.29) is 28.4 Å². The second kappa shape index (κ2) is 5.99. The molecule has 0 saturated heterocycles. The number of methoxy groups -OCH3 is 1. The highest BCUT2D eigenvalue weighted by molar-refractivity contribution is 6.18. The van der Waals surface area contributed by atoms with Gasteiger partial charge in [-0.2, -0.15) is 5.26 Å². The van der Waals surface area contributed by atoms with E-state index in [9.17, 15) is 15.2 Å². The number of nitriles is 1. The first-order valence-corrected chi connectivity index (χ1v) is 7.74. The van der Waals surface area contributed by atoms with Crippen LogP contribution in [0, 0.1) is 32.1 Å². The number of furan rings is 1. The van der Waals surface area contributed by atoms with Gasteiger partial charge >= 0.3 is 0 Å². The van der Waals surface area contributed by atoms with Crippen molar-refractivity contribution < 1.29 is 19.1 Å². The maximum atomic E-state index is 13.1. The molecule has 126 valence electrons. The zero-order valence-corrected chi connectivity index (χ0v) is 14.4. The minimum atomic E-state index is -0.347. The number of hydrogen-bond acceptors (Lipinski definition) is 5. The van der Waals surface area contributed by atoms with Crippen molar-refractivity contribution in [2.75, 3.05) is 7.11 Å². The van der Waals surface area contributed by atoms with Crippen molar-refractivity contribution in [2.24, 2.45) is 0 Å².